The SMILES string of the molecule is C=C(C)C(C)(C)CC1(O)CCCCC1. The fourth-order valence-corrected chi connectivity index (χ4v) is 2.36. The van der Waals surface area contributed by atoms with Crippen LogP contribution in [0.5, 0.6) is 0 Å². The van der Waals surface area contributed by atoms with Crippen LogP contribution in [0.3, 0.4) is 0 Å². The van der Waals surface area contributed by atoms with E-state index in [1.54, 1.807) is 0 Å². The lowest BCUT2D eigenvalue weighted by Gasteiger charge is -2.39. The highest BCUT2D eigenvalue weighted by molar-refractivity contribution is 5.06. The zero-order valence-corrected chi connectivity index (χ0v) is 9.90. The minimum Gasteiger partial charge on any atom is -0.390 e. The van der Waals surface area contributed by atoms with E-state index in [-0.39, 0.29) is 5.41 Å². The Balaban J connectivity index is 2.61. The maximum atomic E-state index is 10.4. The second-order valence-electron chi connectivity index (χ2n) is 5.63. The fourth-order valence-electron chi connectivity index (χ4n) is 2.36. The highest BCUT2D eigenvalue weighted by Gasteiger charge is 2.35. The first-order valence-electron chi connectivity index (χ1n) is 5.74. The molecule has 1 aliphatic carbocycles. The van der Waals surface area contributed by atoms with E-state index in [0.29, 0.717) is 0 Å². The van der Waals surface area contributed by atoms with Crippen molar-refractivity contribution in [3.05, 3.63) is 12.2 Å². The Kier molecular flexibility index (Phi) is 3.41. The maximum absolute atomic E-state index is 10.4. The summed E-state index contributed by atoms with van der Waals surface area (Å²) in [5, 5.41) is 10.4. The molecule has 0 aromatic rings. The molecule has 0 amide bonds. The minimum absolute atomic E-state index is 0.0755. The van der Waals surface area contributed by atoms with Gasteiger partial charge in [-0.3, -0.25) is 0 Å². The summed E-state index contributed by atoms with van der Waals surface area (Å²) >= 11 is 0. The van der Waals surface area contributed by atoms with Gasteiger partial charge in [0.1, 0.15) is 0 Å². The zero-order chi connectivity index (χ0) is 10.8. The number of hydrogen-bond donors (Lipinski definition) is 1. The van der Waals surface area contributed by atoms with Gasteiger partial charge in [-0.25, -0.2) is 0 Å². The molecule has 1 fully saturated rings. The third kappa shape index (κ3) is 2.84. The van der Waals surface area contributed by atoms with Crippen LogP contribution in [0.15, 0.2) is 12.2 Å². The lowest BCUT2D eigenvalue weighted by Crippen LogP contribution is -2.36. The molecule has 0 heterocycles. The molecule has 1 rings (SSSR count). The van der Waals surface area contributed by atoms with Gasteiger partial charge in [0.15, 0.2) is 0 Å². The van der Waals surface area contributed by atoms with Gasteiger partial charge in [-0.2, -0.15) is 0 Å². The fraction of sp³-hybridized carbons (Fsp3) is 0.846. The monoisotopic (exact) mass is 196 g/mol. The van der Waals surface area contributed by atoms with Gasteiger partial charge in [0.2, 0.25) is 0 Å². The lowest BCUT2D eigenvalue weighted by atomic mass is 9.71. The van der Waals surface area contributed by atoms with Crippen molar-refractivity contribution >= 4 is 0 Å². The summed E-state index contributed by atoms with van der Waals surface area (Å²) in [5.74, 6) is 0. The molecular weight excluding hydrogens is 172 g/mol. The quantitative estimate of drug-likeness (QED) is 0.683. The molecule has 0 spiro atoms. The van der Waals surface area contributed by atoms with Gasteiger partial charge in [0.05, 0.1) is 5.60 Å². The predicted molar refractivity (Wildman–Crippen MR) is 61.2 cm³/mol. The van der Waals surface area contributed by atoms with E-state index in [1.807, 2.05) is 0 Å². The summed E-state index contributed by atoms with van der Waals surface area (Å²) in [5.41, 5.74) is 0.837. The van der Waals surface area contributed by atoms with E-state index < -0.39 is 5.60 Å². The van der Waals surface area contributed by atoms with Crippen molar-refractivity contribution in [1.29, 1.82) is 0 Å². The number of aliphatic hydroxyl groups is 1. The Bertz CT molecular complexity index is 209. The molecule has 0 saturated heterocycles. The predicted octanol–water partition coefficient (Wildman–Crippen LogP) is 3.67. The average Bonchev–Trinajstić information content (AvgIpc) is 2.03. The second-order valence-corrected chi connectivity index (χ2v) is 5.63. The molecule has 0 unspecified atom stereocenters. The first-order valence-corrected chi connectivity index (χ1v) is 5.74. The van der Waals surface area contributed by atoms with Crippen molar-refractivity contribution in [2.24, 2.45) is 5.41 Å². The first-order chi connectivity index (χ1) is 6.36. The van der Waals surface area contributed by atoms with E-state index in [4.69, 9.17) is 0 Å². The smallest absolute Gasteiger partial charge is 0.0656 e. The first kappa shape index (κ1) is 11.8. The summed E-state index contributed by atoms with van der Waals surface area (Å²) in [7, 11) is 0. The highest BCUT2D eigenvalue weighted by atomic mass is 16.3. The van der Waals surface area contributed by atoms with Crippen molar-refractivity contribution in [3.63, 3.8) is 0 Å². The van der Waals surface area contributed by atoms with Crippen molar-refractivity contribution in [2.75, 3.05) is 0 Å². The van der Waals surface area contributed by atoms with Crippen LogP contribution in [0, 0.1) is 5.41 Å². The zero-order valence-electron chi connectivity index (χ0n) is 9.90. The van der Waals surface area contributed by atoms with Crippen LogP contribution in [0.25, 0.3) is 0 Å². The maximum Gasteiger partial charge on any atom is 0.0656 e. The topological polar surface area (TPSA) is 20.2 Å². The largest absolute Gasteiger partial charge is 0.390 e. The second kappa shape index (κ2) is 4.06. The minimum atomic E-state index is -0.416. The van der Waals surface area contributed by atoms with E-state index in [0.717, 1.165) is 19.3 Å². The molecule has 1 saturated carbocycles. The van der Waals surface area contributed by atoms with Crippen LogP contribution in [0.1, 0.15) is 59.3 Å². The van der Waals surface area contributed by atoms with Crippen LogP contribution in [0.2, 0.25) is 0 Å². The summed E-state index contributed by atoms with van der Waals surface area (Å²) in [6.07, 6.45) is 6.48. The van der Waals surface area contributed by atoms with Crippen molar-refractivity contribution in [1.82, 2.24) is 0 Å². The van der Waals surface area contributed by atoms with Gasteiger partial charge in [-0.1, -0.05) is 45.3 Å². The number of allylic oxidation sites excluding steroid dienone is 1. The summed E-state index contributed by atoms with van der Waals surface area (Å²) in [6.45, 7) is 10.4. The van der Waals surface area contributed by atoms with Crippen LogP contribution >= 0.6 is 0 Å². The molecule has 1 nitrogen and oxygen atoms in total. The molecule has 1 aliphatic rings. The van der Waals surface area contributed by atoms with Gasteiger partial charge in [0, 0.05) is 0 Å². The highest BCUT2D eigenvalue weighted by Crippen LogP contribution is 2.40. The molecule has 0 atom stereocenters. The van der Waals surface area contributed by atoms with E-state index >= 15 is 0 Å². The van der Waals surface area contributed by atoms with Crippen molar-refractivity contribution < 1.29 is 5.11 Å². The van der Waals surface area contributed by atoms with E-state index in [2.05, 4.69) is 27.4 Å². The van der Waals surface area contributed by atoms with Crippen LogP contribution in [-0.2, 0) is 0 Å². The summed E-state index contributed by atoms with van der Waals surface area (Å²) in [4.78, 5) is 0. The summed E-state index contributed by atoms with van der Waals surface area (Å²) < 4.78 is 0. The molecule has 0 aliphatic heterocycles. The molecule has 82 valence electrons. The standard InChI is InChI=1S/C13H24O/c1-11(2)12(3,4)10-13(14)8-6-5-7-9-13/h14H,1,5-10H2,2-4H3. The Hall–Kier alpha value is -0.300. The van der Waals surface area contributed by atoms with Crippen LogP contribution in [-0.4, -0.2) is 10.7 Å². The van der Waals surface area contributed by atoms with Crippen LogP contribution < -0.4 is 0 Å². The van der Waals surface area contributed by atoms with Crippen LogP contribution in [0.4, 0.5) is 0 Å². The van der Waals surface area contributed by atoms with Gasteiger partial charge < -0.3 is 5.11 Å². The molecule has 14 heavy (non-hydrogen) atoms. The Morgan fingerprint density at radius 1 is 1.29 bits per heavy atom. The molecule has 0 radical (unpaired) electrons. The molecule has 1 N–H and O–H groups in total. The molecule has 0 bridgehead atoms. The Labute approximate surface area is 88.2 Å². The Morgan fingerprint density at radius 2 is 1.79 bits per heavy atom. The van der Waals surface area contributed by atoms with Crippen molar-refractivity contribution in [2.45, 2.75) is 64.9 Å². The third-order valence-corrected chi connectivity index (χ3v) is 3.71. The van der Waals surface area contributed by atoms with Gasteiger partial charge in [-0.05, 0) is 31.6 Å². The van der Waals surface area contributed by atoms with Gasteiger partial charge in [-0.15, -0.1) is 0 Å². The van der Waals surface area contributed by atoms with Crippen molar-refractivity contribution in [3.8, 4) is 0 Å². The number of rotatable bonds is 3. The molecular formula is C13H24O. The normalized spacial score (nSPS) is 22.0. The van der Waals surface area contributed by atoms with E-state index in [9.17, 15) is 5.11 Å². The van der Waals surface area contributed by atoms with E-state index in [1.165, 1.54) is 24.8 Å². The molecule has 0 aromatic heterocycles. The summed E-state index contributed by atoms with van der Waals surface area (Å²) in [6, 6.07) is 0. The van der Waals surface area contributed by atoms with Gasteiger partial charge in [0.25, 0.3) is 0 Å². The number of hydrogen-bond acceptors (Lipinski definition) is 1. The third-order valence-electron chi connectivity index (χ3n) is 3.71. The van der Waals surface area contributed by atoms with Gasteiger partial charge >= 0.3 is 0 Å². The molecule has 1 heteroatoms. The molecule has 0 aromatic carbocycles. The Morgan fingerprint density at radius 3 is 2.21 bits per heavy atom. The average molecular weight is 196 g/mol. The lowest BCUT2D eigenvalue weighted by molar-refractivity contribution is -0.0259.